The summed E-state index contributed by atoms with van der Waals surface area (Å²) in [5.74, 6) is 0.230. The monoisotopic (exact) mass is 299 g/mol. The van der Waals surface area contributed by atoms with Crippen molar-refractivity contribution in [3.63, 3.8) is 0 Å². The van der Waals surface area contributed by atoms with Crippen molar-refractivity contribution in [2.75, 3.05) is 38.4 Å². The number of ether oxygens (including phenoxy) is 1. The molecule has 1 rings (SSSR count). The van der Waals surface area contributed by atoms with E-state index in [-0.39, 0.29) is 18.2 Å². The highest BCUT2D eigenvalue weighted by Crippen LogP contribution is 2.22. The smallest absolute Gasteiger partial charge is 0.214 e. The van der Waals surface area contributed by atoms with Crippen LogP contribution in [-0.2, 0) is 14.8 Å². The summed E-state index contributed by atoms with van der Waals surface area (Å²) in [5, 5.41) is 10.3. The van der Waals surface area contributed by atoms with Crippen LogP contribution in [0.25, 0.3) is 0 Å². The molecule has 0 spiro atoms. The molecule has 0 aliphatic carbocycles. The topological polar surface area (TPSA) is 66.8 Å². The SMILES string of the molecule is CC(CCl)CS(=O)(=O)N(C)CC1(O)CCOCC1. The minimum atomic E-state index is -3.36. The maximum atomic E-state index is 12.0. The highest BCUT2D eigenvalue weighted by Gasteiger charge is 2.34. The van der Waals surface area contributed by atoms with Crippen molar-refractivity contribution >= 4 is 21.6 Å². The van der Waals surface area contributed by atoms with Gasteiger partial charge in [-0.3, -0.25) is 0 Å². The second kappa shape index (κ2) is 6.52. The van der Waals surface area contributed by atoms with Crippen LogP contribution in [0.5, 0.6) is 0 Å². The van der Waals surface area contributed by atoms with Crippen LogP contribution in [-0.4, -0.2) is 61.9 Å². The van der Waals surface area contributed by atoms with Gasteiger partial charge in [-0.2, -0.15) is 0 Å². The largest absolute Gasteiger partial charge is 0.388 e. The third-order valence-corrected chi connectivity index (χ3v) is 5.77. The fraction of sp³-hybridized carbons (Fsp3) is 1.00. The molecule has 0 saturated carbocycles. The summed E-state index contributed by atoms with van der Waals surface area (Å²) in [5.41, 5.74) is -0.968. The van der Waals surface area contributed by atoms with E-state index in [0.29, 0.717) is 31.9 Å². The van der Waals surface area contributed by atoms with Gasteiger partial charge in [0.2, 0.25) is 10.0 Å². The highest BCUT2D eigenvalue weighted by atomic mass is 35.5. The molecular weight excluding hydrogens is 278 g/mol. The van der Waals surface area contributed by atoms with Gasteiger partial charge in [0.15, 0.2) is 0 Å². The van der Waals surface area contributed by atoms with Crippen molar-refractivity contribution in [1.29, 1.82) is 0 Å². The molecule has 1 fully saturated rings. The van der Waals surface area contributed by atoms with E-state index in [2.05, 4.69) is 0 Å². The number of likely N-dealkylation sites (N-methyl/N-ethyl adjacent to an activating group) is 1. The molecule has 1 aliphatic heterocycles. The van der Waals surface area contributed by atoms with E-state index in [1.165, 1.54) is 11.4 Å². The Hall–Kier alpha value is 0.120. The third kappa shape index (κ3) is 4.66. The second-order valence-corrected chi connectivity index (χ2v) is 7.56. The molecule has 0 bridgehead atoms. The lowest BCUT2D eigenvalue weighted by Gasteiger charge is -2.35. The normalized spacial score (nSPS) is 22.1. The number of nitrogens with zero attached hydrogens (tertiary/aromatic N) is 1. The first-order chi connectivity index (χ1) is 8.29. The zero-order chi connectivity index (χ0) is 13.8. The quantitative estimate of drug-likeness (QED) is 0.732. The molecule has 1 saturated heterocycles. The lowest BCUT2D eigenvalue weighted by atomic mass is 9.95. The summed E-state index contributed by atoms with van der Waals surface area (Å²) in [7, 11) is -1.86. The Morgan fingerprint density at radius 3 is 2.50 bits per heavy atom. The van der Waals surface area contributed by atoms with Crippen molar-refractivity contribution in [3.05, 3.63) is 0 Å². The van der Waals surface area contributed by atoms with E-state index in [1.54, 1.807) is 6.92 Å². The number of alkyl halides is 1. The fourth-order valence-corrected chi connectivity index (χ4v) is 3.72. The van der Waals surface area contributed by atoms with E-state index in [4.69, 9.17) is 16.3 Å². The summed E-state index contributed by atoms with van der Waals surface area (Å²) in [4.78, 5) is 0. The molecule has 0 aromatic heterocycles. The first kappa shape index (κ1) is 16.2. The summed E-state index contributed by atoms with van der Waals surface area (Å²) < 4.78 is 30.5. The van der Waals surface area contributed by atoms with Crippen LogP contribution in [0.2, 0.25) is 0 Å². The molecule has 1 heterocycles. The lowest BCUT2D eigenvalue weighted by molar-refractivity contribution is -0.0689. The van der Waals surface area contributed by atoms with Gasteiger partial charge in [-0.05, 0) is 5.92 Å². The maximum absolute atomic E-state index is 12.0. The third-order valence-electron chi connectivity index (χ3n) is 3.17. The van der Waals surface area contributed by atoms with Crippen LogP contribution in [0.15, 0.2) is 0 Å². The molecule has 0 aromatic rings. The Balaban J connectivity index is 2.60. The van der Waals surface area contributed by atoms with Crippen molar-refractivity contribution in [3.8, 4) is 0 Å². The van der Waals surface area contributed by atoms with Gasteiger partial charge in [0.1, 0.15) is 0 Å². The van der Waals surface area contributed by atoms with Crippen molar-refractivity contribution < 1.29 is 18.3 Å². The molecule has 0 radical (unpaired) electrons. The van der Waals surface area contributed by atoms with Crippen molar-refractivity contribution in [2.45, 2.75) is 25.4 Å². The Morgan fingerprint density at radius 1 is 1.44 bits per heavy atom. The fourth-order valence-electron chi connectivity index (χ4n) is 1.95. The molecule has 1 aliphatic rings. The van der Waals surface area contributed by atoms with Gasteiger partial charge in [-0.15, -0.1) is 11.6 Å². The molecule has 7 heteroatoms. The van der Waals surface area contributed by atoms with Crippen LogP contribution < -0.4 is 0 Å². The number of halogens is 1. The summed E-state index contributed by atoms with van der Waals surface area (Å²) in [6, 6.07) is 0. The van der Waals surface area contributed by atoms with E-state index in [1.807, 2.05) is 0 Å². The van der Waals surface area contributed by atoms with E-state index < -0.39 is 15.6 Å². The predicted molar refractivity (Wildman–Crippen MR) is 71.3 cm³/mol. The Labute approximate surface area is 114 Å². The van der Waals surface area contributed by atoms with Crippen molar-refractivity contribution in [1.82, 2.24) is 4.31 Å². The average molecular weight is 300 g/mol. The molecule has 0 amide bonds. The average Bonchev–Trinajstić information content (AvgIpc) is 2.28. The predicted octanol–water partition coefficient (Wildman–Crippen LogP) is 0.664. The van der Waals surface area contributed by atoms with Crippen LogP contribution in [0.3, 0.4) is 0 Å². The summed E-state index contributed by atoms with van der Waals surface area (Å²) in [6.45, 7) is 2.86. The van der Waals surface area contributed by atoms with Gasteiger partial charge in [-0.1, -0.05) is 6.92 Å². The highest BCUT2D eigenvalue weighted by molar-refractivity contribution is 7.89. The van der Waals surface area contributed by atoms with E-state index >= 15 is 0 Å². The molecular formula is C11H22ClNO4S. The Kier molecular flexibility index (Phi) is 5.86. The number of hydrogen-bond donors (Lipinski definition) is 1. The van der Waals surface area contributed by atoms with E-state index in [9.17, 15) is 13.5 Å². The molecule has 1 N–H and O–H groups in total. The number of aliphatic hydroxyl groups is 1. The standard InChI is InChI=1S/C11H22ClNO4S/c1-10(7-12)8-18(15,16)13(2)9-11(14)3-5-17-6-4-11/h10,14H,3-9H2,1-2H3. The maximum Gasteiger partial charge on any atom is 0.214 e. The molecule has 5 nitrogen and oxygen atoms in total. The van der Waals surface area contributed by atoms with Crippen LogP contribution in [0.1, 0.15) is 19.8 Å². The molecule has 108 valence electrons. The number of sulfonamides is 1. The van der Waals surface area contributed by atoms with Gasteiger partial charge < -0.3 is 9.84 Å². The Morgan fingerprint density at radius 2 is 2.00 bits per heavy atom. The lowest BCUT2D eigenvalue weighted by Crippen LogP contribution is -2.48. The van der Waals surface area contributed by atoms with Crippen LogP contribution in [0, 0.1) is 5.92 Å². The number of hydrogen-bond acceptors (Lipinski definition) is 4. The zero-order valence-electron chi connectivity index (χ0n) is 10.9. The second-order valence-electron chi connectivity index (χ2n) is 5.13. The van der Waals surface area contributed by atoms with Gasteiger partial charge in [0, 0.05) is 45.5 Å². The first-order valence-corrected chi connectivity index (χ1v) is 8.23. The number of rotatable bonds is 6. The van der Waals surface area contributed by atoms with Gasteiger partial charge in [0.25, 0.3) is 0 Å². The minimum absolute atomic E-state index is 0.0135. The summed E-state index contributed by atoms with van der Waals surface area (Å²) in [6.07, 6.45) is 0.940. The minimum Gasteiger partial charge on any atom is -0.388 e. The van der Waals surface area contributed by atoms with Crippen LogP contribution >= 0.6 is 11.6 Å². The first-order valence-electron chi connectivity index (χ1n) is 6.09. The van der Waals surface area contributed by atoms with Crippen molar-refractivity contribution in [2.24, 2.45) is 5.92 Å². The molecule has 18 heavy (non-hydrogen) atoms. The zero-order valence-corrected chi connectivity index (χ0v) is 12.5. The molecule has 1 atom stereocenters. The van der Waals surface area contributed by atoms with Crippen LogP contribution in [0.4, 0.5) is 0 Å². The van der Waals surface area contributed by atoms with Gasteiger partial charge >= 0.3 is 0 Å². The molecule has 1 unspecified atom stereocenters. The van der Waals surface area contributed by atoms with Gasteiger partial charge in [-0.25, -0.2) is 12.7 Å². The summed E-state index contributed by atoms with van der Waals surface area (Å²) >= 11 is 5.63. The Bertz CT molecular complexity index is 354. The molecule has 0 aromatic carbocycles. The van der Waals surface area contributed by atoms with E-state index in [0.717, 1.165) is 0 Å². The van der Waals surface area contributed by atoms with Gasteiger partial charge in [0.05, 0.1) is 11.4 Å².